The number of hydrogen-bond acceptors (Lipinski definition) is 4. The van der Waals surface area contributed by atoms with Crippen LogP contribution in [0.4, 0.5) is 5.69 Å². The van der Waals surface area contributed by atoms with Gasteiger partial charge in [0.1, 0.15) is 0 Å². The molecule has 2 aliphatic heterocycles. The summed E-state index contributed by atoms with van der Waals surface area (Å²) in [6.45, 7) is 2.00. The highest BCUT2D eigenvalue weighted by Gasteiger charge is 2.49. The predicted octanol–water partition coefficient (Wildman–Crippen LogP) is 2.01. The topological polar surface area (TPSA) is 66.8 Å². The molecule has 3 fully saturated rings. The second kappa shape index (κ2) is 5.34. The summed E-state index contributed by atoms with van der Waals surface area (Å²) in [4.78, 5) is 18.4. The van der Waals surface area contributed by atoms with Crippen LogP contribution in [0, 0.1) is 12.8 Å². The molecule has 2 saturated heterocycles. The summed E-state index contributed by atoms with van der Waals surface area (Å²) in [5.74, 6) is 0.316. The first kappa shape index (κ1) is 15.2. The van der Waals surface area contributed by atoms with E-state index < -0.39 is 9.84 Å². The Hall–Kier alpha value is -1.34. The molecule has 0 aromatic heterocycles. The van der Waals surface area contributed by atoms with E-state index in [0.717, 1.165) is 24.1 Å². The first-order chi connectivity index (χ1) is 10.9. The molecule has 0 unspecified atom stereocenters. The average molecular weight is 350 g/mol. The molecule has 23 heavy (non-hydrogen) atoms. The maximum Gasteiger partial charge on any atom is 0.251 e. The van der Waals surface area contributed by atoms with E-state index in [1.807, 2.05) is 36.1 Å². The molecular formula is C16H18N2O3S2. The van der Waals surface area contributed by atoms with Gasteiger partial charge in [0.05, 0.1) is 17.5 Å². The van der Waals surface area contributed by atoms with Crippen LogP contribution in [-0.4, -0.2) is 42.3 Å². The van der Waals surface area contributed by atoms with Crippen molar-refractivity contribution in [2.45, 2.75) is 31.1 Å². The molecule has 1 saturated carbocycles. The lowest BCUT2D eigenvalue weighted by molar-refractivity contribution is -0.118. The summed E-state index contributed by atoms with van der Waals surface area (Å²) in [5, 5.41) is 0.628. The average Bonchev–Trinajstić information content (AvgIpc) is 3.20. The van der Waals surface area contributed by atoms with Crippen molar-refractivity contribution in [3.8, 4) is 0 Å². The van der Waals surface area contributed by atoms with Gasteiger partial charge in [-0.25, -0.2) is 8.42 Å². The summed E-state index contributed by atoms with van der Waals surface area (Å²) in [7, 11) is -3.01. The molecule has 0 N–H and O–H groups in total. The Balaban J connectivity index is 1.73. The number of thioether (sulfide) groups is 1. The highest BCUT2D eigenvalue weighted by Crippen LogP contribution is 2.41. The Kier molecular flexibility index (Phi) is 3.53. The number of amides is 1. The lowest BCUT2D eigenvalue weighted by Crippen LogP contribution is -2.37. The largest absolute Gasteiger partial charge is 0.316 e. The van der Waals surface area contributed by atoms with Crippen LogP contribution >= 0.6 is 11.8 Å². The molecular weight excluding hydrogens is 332 g/mol. The van der Waals surface area contributed by atoms with Gasteiger partial charge >= 0.3 is 0 Å². The van der Waals surface area contributed by atoms with Crippen molar-refractivity contribution < 1.29 is 13.2 Å². The monoisotopic (exact) mass is 350 g/mol. The van der Waals surface area contributed by atoms with Crippen LogP contribution in [0.3, 0.4) is 0 Å². The molecule has 7 heteroatoms. The Bertz CT molecular complexity index is 799. The van der Waals surface area contributed by atoms with E-state index in [9.17, 15) is 13.2 Å². The van der Waals surface area contributed by atoms with Crippen molar-refractivity contribution in [3.05, 3.63) is 29.8 Å². The van der Waals surface area contributed by atoms with Crippen LogP contribution in [0.1, 0.15) is 18.4 Å². The van der Waals surface area contributed by atoms with Gasteiger partial charge in [-0.05, 0) is 37.5 Å². The zero-order valence-electron chi connectivity index (χ0n) is 12.8. The molecule has 0 bridgehead atoms. The number of benzene rings is 1. The van der Waals surface area contributed by atoms with Crippen molar-refractivity contribution in [2.24, 2.45) is 10.9 Å². The number of amidine groups is 1. The van der Waals surface area contributed by atoms with Crippen LogP contribution in [0.25, 0.3) is 0 Å². The molecule has 3 aliphatic rings. The quantitative estimate of drug-likeness (QED) is 0.816. The van der Waals surface area contributed by atoms with Gasteiger partial charge in [0, 0.05) is 16.9 Å². The summed E-state index contributed by atoms with van der Waals surface area (Å²) in [5.41, 5.74) is 2.02. The molecule has 5 nitrogen and oxygen atoms in total. The number of rotatable bonds is 2. The summed E-state index contributed by atoms with van der Waals surface area (Å²) in [6.07, 6.45) is 1.85. The third kappa shape index (κ3) is 2.92. The Morgan fingerprint density at radius 2 is 2.09 bits per heavy atom. The molecule has 2 atom stereocenters. The molecule has 1 aromatic rings. The van der Waals surface area contributed by atoms with E-state index >= 15 is 0 Å². The Morgan fingerprint density at radius 3 is 2.78 bits per heavy atom. The fraction of sp³-hybridized carbons (Fsp3) is 0.500. The summed E-state index contributed by atoms with van der Waals surface area (Å²) >= 11 is 1.44. The van der Waals surface area contributed by atoms with Crippen LogP contribution in [0.2, 0.25) is 0 Å². The zero-order chi connectivity index (χ0) is 16.2. The number of fused-ring (bicyclic) bond motifs is 1. The minimum atomic E-state index is -3.01. The van der Waals surface area contributed by atoms with Gasteiger partial charge < -0.3 is 4.90 Å². The molecule has 1 aromatic carbocycles. The van der Waals surface area contributed by atoms with E-state index in [1.165, 1.54) is 11.8 Å². The van der Waals surface area contributed by atoms with Crippen LogP contribution in [0.15, 0.2) is 29.3 Å². The molecule has 4 rings (SSSR count). The summed E-state index contributed by atoms with van der Waals surface area (Å²) in [6, 6.07) is 7.80. The first-order valence-electron chi connectivity index (χ1n) is 7.78. The summed E-state index contributed by atoms with van der Waals surface area (Å²) < 4.78 is 24.0. The number of aryl methyl sites for hydroxylation is 1. The molecule has 2 heterocycles. The van der Waals surface area contributed by atoms with Gasteiger partial charge in [-0.15, -0.1) is 0 Å². The standard InChI is InChI=1S/C16H18N2O3S2/c1-10-3-2-4-12(7-10)18-13-8-23(20,21)9-14(13)22-16(18)17-15(19)11-5-6-11/h2-4,7,11,13-14H,5-6,8-9H2,1H3/t13-,14+/m0/s1. The van der Waals surface area contributed by atoms with E-state index in [-0.39, 0.29) is 34.6 Å². The highest BCUT2D eigenvalue weighted by molar-refractivity contribution is 8.16. The van der Waals surface area contributed by atoms with Gasteiger partial charge in [-0.1, -0.05) is 23.9 Å². The number of aliphatic imine (C=N–C) groups is 1. The van der Waals surface area contributed by atoms with E-state index in [4.69, 9.17) is 0 Å². The Labute approximate surface area is 140 Å². The molecule has 0 spiro atoms. The number of anilines is 1. The highest BCUT2D eigenvalue weighted by atomic mass is 32.2. The van der Waals surface area contributed by atoms with Crippen molar-refractivity contribution in [1.29, 1.82) is 0 Å². The van der Waals surface area contributed by atoms with Crippen molar-refractivity contribution in [1.82, 2.24) is 0 Å². The van der Waals surface area contributed by atoms with E-state index in [2.05, 4.69) is 4.99 Å². The maximum absolute atomic E-state index is 12.1. The fourth-order valence-corrected chi connectivity index (χ4v) is 7.08. The minimum absolute atomic E-state index is 0.0359. The fourth-order valence-electron chi connectivity index (χ4n) is 3.16. The van der Waals surface area contributed by atoms with E-state index in [0.29, 0.717) is 5.17 Å². The molecule has 122 valence electrons. The maximum atomic E-state index is 12.1. The zero-order valence-corrected chi connectivity index (χ0v) is 14.4. The number of sulfone groups is 1. The normalized spacial score (nSPS) is 30.7. The van der Waals surface area contributed by atoms with Crippen molar-refractivity contribution in [2.75, 3.05) is 16.4 Å². The second-order valence-electron chi connectivity index (χ2n) is 6.52. The Morgan fingerprint density at radius 1 is 1.30 bits per heavy atom. The third-order valence-electron chi connectivity index (χ3n) is 4.48. The first-order valence-corrected chi connectivity index (χ1v) is 10.5. The van der Waals surface area contributed by atoms with Crippen molar-refractivity contribution in [3.63, 3.8) is 0 Å². The third-order valence-corrected chi connectivity index (χ3v) is 7.69. The second-order valence-corrected chi connectivity index (χ2v) is 9.88. The number of hydrogen-bond donors (Lipinski definition) is 0. The minimum Gasteiger partial charge on any atom is -0.316 e. The van der Waals surface area contributed by atoms with Gasteiger partial charge in [0.2, 0.25) is 0 Å². The van der Waals surface area contributed by atoms with Gasteiger partial charge in [0.25, 0.3) is 5.91 Å². The predicted molar refractivity (Wildman–Crippen MR) is 92.6 cm³/mol. The van der Waals surface area contributed by atoms with Crippen LogP contribution in [-0.2, 0) is 14.6 Å². The number of carbonyl (C=O) groups is 1. The van der Waals surface area contributed by atoms with Crippen molar-refractivity contribution >= 4 is 38.4 Å². The van der Waals surface area contributed by atoms with E-state index in [1.54, 1.807) is 0 Å². The molecule has 1 aliphatic carbocycles. The lowest BCUT2D eigenvalue weighted by atomic mass is 10.1. The van der Waals surface area contributed by atoms with Gasteiger partial charge in [-0.3, -0.25) is 4.79 Å². The smallest absolute Gasteiger partial charge is 0.251 e. The number of carbonyl (C=O) groups excluding carboxylic acids is 1. The SMILES string of the molecule is Cc1cccc(N2C(=NC(=O)C3CC3)S[C@@H]3CS(=O)(=O)C[C@@H]32)c1. The molecule has 1 amide bonds. The molecule has 0 radical (unpaired) electrons. The van der Waals surface area contributed by atoms with Gasteiger partial charge in [0.15, 0.2) is 15.0 Å². The van der Waals surface area contributed by atoms with Crippen LogP contribution in [0.5, 0.6) is 0 Å². The number of nitrogens with zero attached hydrogens (tertiary/aromatic N) is 2. The van der Waals surface area contributed by atoms with Gasteiger partial charge in [-0.2, -0.15) is 4.99 Å². The van der Waals surface area contributed by atoms with Crippen LogP contribution < -0.4 is 4.90 Å². The lowest BCUT2D eigenvalue weighted by Gasteiger charge is -2.24.